The Morgan fingerprint density at radius 2 is 2.00 bits per heavy atom. The molecule has 2 heteroatoms. The average Bonchev–Trinajstić information content (AvgIpc) is 2.46. The Labute approximate surface area is 115 Å². The lowest BCUT2D eigenvalue weighted by atomic mass is 9.97. The number of aromatic nitrogens is 1. The fraction of sp³-hybridized carbons (Fsp3) is 0.353. The molecular weight excluding hydrogens is 232 g/mol. The van der Waals surface area contributed by atoms with Crippen LogP contribution in [0, 0.1) is 6.92 Å². The number of likely N-dealkylation sites (N-methyl/N-ethyl adjacent to an activating group) is 1. The molecule has 0 saturated heterocycles. The molecule has 0 aliphatic carbocycles. The van der Waals surface area contributed by atoms with E-state index in [4.69, 9.17) is 0 Å². The van der Waals surface area contributed by atoms with Crippen molar-refractivity contribution in [2.75, 3.05) is 7.05 Å². The van der Waals surface area contributed by atoms with Crippen LogP contribution in [-0.4, -0.2) is 18.1 Å². The highest BCUT2D eigenvalue weighted by Crippen LogP contribution is 2.13. The van der Waals surface area contributed by atoms with E-state index in [0.29, 0.717) is 6.04 Å². The second-order valence-electron chi connectivity index (χ2n) is 5.02. The van der Waals surface area contributed by atoms with Gasteiger partial charge in [0, 0.05) is 18.4 Å². The van der Waals surface area contributed by atoms with E-state index in [1.54, 1.807) is 0 Å². The highest BCUT2D eigenvalue weighted by atomic mass is 14.9. The maximum Gasteiger partial charge on any atom is 0.0299 e. The maximum absolute atomic E-state index is 4.17. The minimum absolute atomic E-state index is 0.515. The second-order valence-corrected chi connectivity index (χ2v) is 5.02. The summed E-state index contributed by atoms with van der Waals surface area (Å²) in [4.78, 5) is 4.17. The van der Waals surface area contributed by atoms with E-state index in [0.717, 1.165) is 19.3 Å². The molecule has 19 heavy (non-hydrogen) atoms. The van der Waals surface area contributed by atoms with Crippen LogP contribution in [0.3, 0.4) is 0 Å². The third kappa shape index (κ3) is 4.18. The molecule has 1 atom stereocenters. The summed E-state index contributed by atoms with van der Waals surface area (Å²) in [6, 6.07) is 13.3. The van der Waals surface area contributed by atoms with Gasteiger partial charge in [0.25, 0.3) is 0 Å². The van der Waals surface area contributed by atoms with Crippen molar-refractivity contribution >= 4 is 0 Å². The first-order valence-electron chi connectivity index (χ1n) is 6.90. The van der Waals surface area contributed by atoms with Gasteiger partial charge in [0.05, 0.1) is 0 Å². The van der Waals surface area contributed by atoms with Crippen LogP contribution in [0.15, 0.2) is 48.8 Å². The van der Waals surface area contributed by atoms with Gasteiger partial charge in [-0.3, -0.25) is 4.98 Å². The molecule has 1 aromatic carbocycles. The van der Waals surface area contributed by atoms with Crippen molar-refractivity contribution in [1.29, 1.82) is 0 Å². The number of aryl methyl sites for hydroxylation is 2. The molecule has 1 aromatic heterocycles. The third-order valence-corrected chi connectivity index (χ3v) is 3.64. The smallest absolute Gasteiger partial charge is 0.0299 e. The molecule has 2 nitrogen and oxygen atoms in total. The highest BCUT2D eigenvalue weighted by Gasteiger charge is 2.09. The van der Waals surface area contributed by atoms with Crippen LogP contribution in [0.25, 0.3) is 0 Å². The van der Waals surface area contributed by atoms with Crippen molar-refractivity contribution in [2.24, 2.45) is 0 Å². The van der Waals surface area contributed by atoms with Gasteiger partial charge in [-0.1, -0.05) is 30.3 Å². The van der Waals surface area contributed by atoms with E-state index in [1.807, 2.05) is 25.5 Å². The van der Waals surface area contributed by atoms with Gasteiger partial charge >= 0.3 is 0 Å². The van der Waals surface area contributed by atoms with Crippen molar-refractivity contribution < 1.29 is 0 Å². The minimum Gasteiger partial charge on any atom is -0.317 e. The monoisotopic (exact) mass is 254 g/mol. The summed E-state index contributed by atoms with van der Waals surface area (Å²) < 4.78 is 0. The third-order valence-electron chi connectivity index (χ3n) is 3.64. The number of nitrogens with zero attached hydrogens (tertiary/aromatic N) is 1. The molecule has 0 spiro atoms. The molecule has 1 unspecified atom stereocenters. The van der Waals surface area contributed by atoms with Crippen LogP contribution in [0.2, 0.25) is 0 Å². The van der Waals surface area contributed by atoms with E-state index in [2.05, 4.69) is 47.6 Å². The number of hydrogen-bond acceptors (Lipinski definition) is 2. The zero-order valence-electron chi connectivity index (χ0n) is 11.8. The van der Waals surface area contributed by atoms with Gasteiger partial charge in [-0.15, -0.1) is 0 Å². The average molecular weight is 254 g/mol. The van der Waals surface area contributed by atoms with Gasteiger partial charge in [-0.2, -0.15) is 0 Å². The van der Waals surface area contributed by atoms with Crippen molar-refractivity contribution in [1.82, 2.24) is 10.3 Å². The largest absolute Gasteiger partial charge is 0.317 e. The summed E-state index contributed by atoms with van der Waals surface area (Å²) >= 11 is 0. The van der Waals surface area contributed by atoms with Gasteiger partial charge in [0.15, 0.2) is 0 Å². The van der Waals surface area contributed by atoms with Crippen molar-refractivity contribution in [3.05, 3.63) is 65.5 Å². The number of pyridine rings is 1. The highest BCUT2D eigenvalue weighted by molar-refractivity contribution is 5.26. The zero-order valence-corrected chi connectivity index (χ0v) is 11.8. The summed E-state index contributed by atoms with van der Waals surface area (Å²) in [5, 5.41) is 3.43. The van der Waals surface area contributed by atoms with Crippen LogP contribution < -0.4 is 5.32 Å². The summed E-state index contributed by atoms with van der Waals surface area (Å²) in [6.07, 6.45) is 7.08. The van der Waals surface area contributed by atoms with E-state index >= 15 is 0 Å². The van der Waals surface area contributed by atoms with Crippen LogP contribution in [0.5, 0.6) is 0 Å². The SMILES string of the molecule is CNC(CCc1cccnc1)Cc1ccccc1C. The predicted molar refractivity (Wildman–Crippen MR) is 80.3 cm³/mol. The molecule has 1 heterocycles. The molecule has 0 aliphatic rings. The second kappa shape index (κ2) is 7.05. The lowest BCUT2D eigenvalue weighted by Gasteiger charge is -2.17. The lowest BCUT2D eigenvalue weighted by molar-refractivity contribution is 0.519. The summed E-state index contributed by atoms with van der Waals surface area (Å²) in [5.74, 6) is 0. The summed E-state index contributed by atoms with van der Waals surface area (Å²) in [5.41, 5.74) is 4.13. The standard InChI is InChI=1S/C17H22N2/c1-14-6-3-4-8-16(14)12-17(18-2)10-9-15-7-5-11-19-13-15/h3-8,11,13,17-18H,9-10,12H2,1-2H3. The molecule has 2 aromatic rings. The Kier molecular flexibility index (Phi) is 5.10. The molecule has 0 saturated carbocycles. The number of benzene rings is 1. The number of hydrogen-bond donors (Lipinski definition) is 1. The Balaban J connectivity index is 1.92. The molecule has 100 valence electrons. The van der Waals surface area contributed by atoms with Gasteiger partial charge in [-0.05, 0) is 56.0 Å². The first kappa shape index (κ1) is 13.8. The molecule has 0 aliphatic heterocycles. The normalized spacial score (nSPS) is 12.3. The molecule has 1 N–H and O–H groups in total. The first-order valence-corrected chi connectivity index (χ1v) is 6.90. The van der Waals surface area contributed by atoms with Crippen LogP contribution in [0.4, 0.5) is 0 Å². The van der Waals surface area contributed by atoms with Crippen molar-refractivity contribution in [3.8, 4) is 0 Å². The summed E-state index contributed by atoms with van der Waals surface area (Å²) in [6.45, 7) is 2.18. The predicted octanol–water partition coefficient (Wildman–Crippen LogP) is 3.15. The number of nitrogens with one attached hydrogen (secondary N) is 1. The lowest BCUT2D eigenvalue weighted by Crippen LogP contribution is -2.28. The Bertz CT molecular complexity index is 494. The Morgan fingerprint density at radius 1 is 1.16 bits per heavy atom. The van der Waals surface area contributed by atoms with Crippen LogP contribution >= 0.6 is 0 Å². The van der Waals surface area contributed by atoms with E-state index in [1.165, 1.54) is 16.7 Å². The molecule has 0 fully saturated rings. The Morgan fingerprint density at radius 3 is 2.68 bits per heavy atom. The maximum atomic E-state index is 4.17. The Hall–Kier alpha value is -1.67. The van der Waals surface area contributed by atoms with Gasteiger partial charge < -0.3 is 5.32 Å². The zero-order chi connectivity index (χ0) is 13.5. The quantitative estimate of drug-likeness (QED) is 0.856. The fourth-order valence-corrected chi connectivity index (χ4v) is 2.34. The molecule has 2 rings (SSSR count). The van der Waals surface area contributed by atoms with E-state index in [-0.39, 0.29) is 0 Å². The topological polar surface area (TPSA) is 24.9 Å². The fourth-order valence-electron chi connectivity index (χ4n) is 2.34. The van der Waals surface area contributed by atoms with Gasteiger partial charge in [-0.25, -0.2) is 0 Å². The van der Waals surface area contributed by atoms with Crippen molar-refractivity contribution in [2.45, 2.75) is 32.2 Å². The summed E-state index contributed by atoms with van der Waals surface area (Å²) in [7, 11) is 2.05. The molecule has 0 radical (unpaired) electrons. The van der Waals surface area contributed by atoms with E-state index in [9.17, 15) is 0 Å². The van der Waals surface area contributed by atoms with Crippen molar-refractivity contribution in [3.63, 3.8) is 0 Å². The molecular formula is C17H22N2. The van der Waals surface area contributed by atoms with Crippen LogP contribution in [0.1, 0.15) is 23.1 Å². The van der Waals surface area contributed by atoms with Crippen LogP contribution in [-0.2, 0) is 12.8 Å². The van der Waals surface area contributed by atoms with E-state index < -0.39 is 0 Å². The minimum atomic E-state index is 0.515. The van der Waals surface area contributed by atoms with Gasteiger partial charge in [0.2, 0.25) is 0 Å². The molecule has 0 amide bonds. The van der Waals surface area contributed by atoms with Gasteiger partial charge in [0.1, 0.15) is 0 Å². The number of rotatable bonds is 6. The first-order chi connectivity index (χ1) is 9.29. The molecule has 0 bridgehead atoms.